The van der Waals surface area contributed by atoms with Gasteiger partial charge in [-0.15, -0.1) is 0 Å². The van der Waals surface area contributed by atoms with Gasteiger partial charge in [0, 0.05) is 43.0 Å². The first kappa shape index (κ1) is 12.7. The summed E-state index contributed by atoms with van der Waals surface area (Å²) >= 11 is 5.97. The van der Waals surface area contributed by atoms with Gasteiger partial charge in [-0.05, 0) is 37.1 Å². The lowest BCUT2D eigenvalue weighted by Crippen LogP contribution is -2.51. The lowest BCUT2D eigenvalue weighted by molar-refractivity contribution is 0.260. The molecule has 1 saturated heterocycles. The Morgan fingerprint density at radius 3 is 3.06 bits per heavy atom. The molecule has 1 atom stereocenters. The Morgan fingerprint density at radius 2 is 2.35 bits per heavy atom. The van der Waals surface area contributed by atoms with Gasteiger partial charge in [0.25, 0.3) is 0 Å². The van der Waals surface area contributed by atoms with Crippen LogP contribution in [0.3, 0.4) is 0 Å². The highest BCUT2D eigenvalue weighted by Crippen LogP contribution is 2.24. The van der Waals surface area contributed by atoms with Gasteiger partial charge < -0.3 is 15.3 Å². The molecule has 4 heteroatoms. The number of piperazine rings is 1. The van der Waals surface area contributed by atoms with Crippen LogP contribution in [0.4, 0.5) is 5.69 Å². The second-order valence-electron chi connectivity index (χ2n) is 4.54. The van der Waals surface area contributed by atoms with Crippen molar-refractivity contribution in [2.24, 2.45) is 0 Å². The summed E-state index contributed by atoms with van der Waals surface area (Å²) in [5.41, 5.74) is 2.46. The largest absolute Gasteiger partial charge is 0.396 e. The molecule has 0 aromatic heterocycles. The second-order valence-corrected chi connectivity index (χ2v) is 4.98. The molecule has 94 valence electrons. The Balaban J connectivity index is 2.10. The van der Waals surface area contributed by atoms with Crippen molar-refractivity contribution in [3.63, 3.8) is 0 Å². The van der Waals surface area contributed by atoms with Gasteiger partial charge in [0.05, 0.1) is 0 Å². The summed E-state index contributed by atoms with van der Waals surface area (Å²) in [6.45, 7) is 5.25. The number of aryl methyl sites for hydroxylation is 1. The minimum atomic E-state index is 0.241. The molecule has 0 amide bonds. The van der Waals surface area contributed by atoms with Gasteiger partial charge in [0.1, 0.15) is 0 Å². The predicted octanol–water partition coefficient (Wildman–Crippen LogP) is 1.81. The summed E-state index contributed by atoms with van der Waals surface area (Å²) < 4.78 is 0. The quantitative estimate of drug-likeness (QED) is 0.864. The van der Waals surface area contributed by atoms with E-state index in [9.17, 15) is 0 Å². The number of nitrogens with zero attached hydrogens (tertiary/aromatic N) is 1. The van der Waals surface area contributed by atoms with Gasteiger partial charge in [0.15, 0.2) is 0 Å². The van der Waals surface area contributed by atoms with E-state index < -0.39 is 0 Å². The number of hydrogen-bond acceptors (Lipinski definition) is 3. The van der Waals surface area contributed by atoms with Crippen molar-refractivity contribution in [2.45, 2.75) is 19.4 Å². The van der Waals surface area contributed by atoms with Crippen LogP contribution in [0.1, 0.15) is 12.0 Å². The minimum absolute atomic E-state index is 0.241. The molecule has 1 heterocycles. The van der Waals surface area contributed by atoms with Crippen LogP contribution in [0.25, 0.3) is 0 Å². The molecule has 0 saturated carbocycles. The highest BCUT2D eigenvalue weighted by Gasteiger charge is 2.19. The Bertz CT molecular complexity index is 382. The molecule has 3 nitrogen and oxygen atoms in total. The third kappa shape index (κ3) is 3.12. The zero-order chi connectivity index (χ0) is 12.3. The molecule has 2 N–H and O–H groups in total. The summed E-state index contributed by atoms with van der Waals surface area (Å²) in [6.07, 6.45) is 0.809. The van der Waals surface area contributed by atoms with Crippen molar-refractivity contribution in [1.82, 2.24) is 5.32 Å². The molecule has 1 aliphatic heterocycles. The topological polar surface area (TPSA) is 35.5 Å². The standard InChI is InChI=1S/C13H19ClN2O/c1-10-8-11(14)2-3-13(10)16-6-5-15-12(9-16)4-7-17/h2-3,8,12,15,17H,4-7,9H2,1H3. The van der Waals surface area contributed by atoms with Crippen molar-refractivity contribution in [3.05, 3.63) is 28.8 Å². The molecule has 0 aliphatic carbocycles. The van der Waals surface area contributed by atoms with Crippen LogP contribution in [0.2, 0.25) is 5.02 Å². The van der Waals surface area contributed by atoms with Gasteiger partial charge in [-0.1, -0.05) is 11.6 Å². The van der Waals surface area contributed by atoms with E-state index in [-0.39, 0.29) is 6.61 Å². The molecule has 17 heavy (non-hydrogen) atoms. The van der Waals surface area contributed by atoms with E-state index in [1.807, 2.05) is 12.1 Å². The number of anilines is 1. The SMILES string of the molecule is Cc1cc(Cl)ccc1N1CCNC(CCO)C1. The van der Waals surface area contributed by atoms with E-state index in [0.717, 1.165) is 31.1 Å². The van der Waals surface area contributed by atoms with Crippen molar-refractivity contribution < 1.29 is 5.11 Å². The van der Waals surface area contributed by atoms with E-state index in [1.54, 1.807) is 0 Å². The van der Waals surface area contributed by atoms with E-state index in [2.05, 4.69) is 23.2 Å². The van der Waals surface area contributed by atoms with Gasteiger partial charge >= 0.3 is 0 Å². The molecular formula is C13H19ClN2O. The average molecular weight is 255 g/mol. The van der Waals surface area contributed by atoms with E-state index >= 15 is 0 Å². The average Bonchev–Trinajstić information content (AvgIpc) is 2.29. The fraction of sp³-hybridized carbons (Fsp3) is 0.538. The molecule has 1 fully saturated rings. The maximum Gasteiger partial charge on any atom is 0.0446 e. The molecule has 2 rings (SSSR count). The Morgan fingerprint density at radius 1 is 1.53 bits per heavy atom. The second kappa shape index (κ2) is 5.71. The van der Waals surface area contributed by atoms with Crippen LogP contribution in [0, 0.1) is 6.92 Å². The molecule has 0 radical (unpaired) electrons. The number of aliphatic hydroxyl groups excluding tert-OH is 1. The maximum atomic E-state index is 8.99. The van der Waals surface area contributed by atoms with E-state index in [4.69, 9.17) is 16.7 Å². The Kier molecular flexibility index (Phi) is 4.26. The fourth-order valence-electron chi connectivity index (χ4n) is 2.37. The summed E-state index contributed by atoms with van der Waals surface area (Å²) in [5, 5.41) is 13.2. The summed E-state index contributed by atoms with van der Waals surface area (Å²) in [5.74, 6) is 0. The summed E-state index contributed by atoms with van der Waals surface area (Å²) in [6, 6.07) is 6.40. The Hall–Kier alpha value is -0.770. The van der Waals surface area contributed by atoms with Crippen LogP contribution < -0.4 is 10.2 Å². The number of aliphatic hydroxyl groups is 1. The first-order valence-corrected chi connectivity index (χ1v) is 6.44. The van der Waals surface area contributed by atoms with Crippen molar-refractivity contribution in [3.8, 4) is 0 Å². The molecule has 1 aromatic carbocycles. The normalized spacial score (nSPS) is 20.6. The molecule has 1 unspecified atom stereocenters. The predicted molar refractivity (Wildman–Crippen MR) is 71.9 cm³/mol. The van der Waals surface area contributed by atoms with Crippen molar-refractivity contribution >= 4 is 17.3 Å². The summed E-state index contributed by atoms with van der Waals surface area (Å²) in [7, 11) is 0. The molecule has 1 aliphatic rings. The van der Waals surface area contributed by atoms with Gasteiger partial charge in [-0.2, -0.15) is 0 Å². The highest BCUT2D eigenvalue weighted by atomic mass is 35.5. The van der Waals surface area contributed by atoms with E-state index in [1.165, 1.54) is 11.3 Å². The lowest BCUT2D eigenvalue weighted by atomic mass is 10.1. The van der Waals surface area contributed by atoms with Crippen LogP contribution in [-0.4, -0.2) is 37.4 Å². The monoisotopic (exact) mass is 254 g/mol. The third-order valence-corrected chi connectivity index (χ3v) is 3.47. The number of benzene rings is 1. The zero-order valence-corrected chi connectivity index (χ0v) is 10.9. The Labute approximate surface area is 107 Å². The number of nitrogens with one attached hydrogen (secondary N) is 1. The summed E-state index contributed by atoms with van der Waals surface area (Å²) in [4.78, 5) is 2.36. The maximum absolute atomic E-state index is 8.99. The van der Waals surface area contributed by atoms with Crippen LogP contribution in [-0.2, 0) is 0 Å². The van der Waals surface area contributed by atoms with Crippen molar-refractivity contribution in [2.75, 3.05) is 31.1 Å². The molecule has 0 bridgehead atoms. The molecule has 0 spiro atoms. The fourth-order valence-corrected chi connectivity index (χ4v) is 2.59. The zero-order valence-electron chi connectivity index (χ0n) is 10.1. The molecule has 1 aromatic rings. The van der Waals surface area contributed by atoms with Gasteiger partial charge in [0.2, 0.25) is 0 Å². The van der Waals surface area contributed by atoms with Gasteiger partial charge in [-0.25, -0.2) is 0 Å². The first-order valence-electron chi connectivity index (χ1n) is 6.06. The third-order valence-electron chi connectivity index (χ3n) is 3.23. The van der Waals surface area contributed by atoms with Gasteiger partial charge in [-0.3, -0.25) is 0 Å². The highest BCUT2D eigenvalue weighted by molar-refractivity contribution is 6.30. The number of rotatable bonds is 3. The molecular weight excluding hydrogens is 236 g/mol. The first-order chi connectivity index (χ1) is 8.20. The van der Waals surface area contributed by atoms with E-state index in [0.29, 0.717) is 6.04 Å². The van der Waals surface area contributed by atoms with Crippen LogP contribution in [0.15, 0.2) is 18.2 Å². The van der Waals surface area contributed by atoms with Crippen LogP contribution in [0.5, 0.6) is 0 Å². The number of halogens is 1. The lowest BCUT2D eigenvalue weighted by Gasteiger charge is -2.36. The van der Waals surface area contributed by atoms with Crippen molar-refractivity contribution in [1.29, 1.82) is 0 Å². The number of hydrogen-bond donors (Lipinski definition) is 2. The van der Waals surface area contributed by atoms with Crippen LogP contribution >= 0.6 is 11.6 Å². The smallest absolute Gasteiger partial charge is 0.0446 e. The minimum Gasteiger partial charge on any atom is -0.396 e.